The summed E-state index contributed by atoms with van der Waals surface area (Å²) < 4.78 is 0. The van der Waals surface area contributed by atoms with Gasteiger partial charge in [0.2, 0.25) is 0 Å². The van der Waals surface area contributed by atoms with Gasteiger partial charge in [-0.2, -0.15) is 0 Å². The van der Waals surface area contributed by atoms with Crippen molar-refractivity contribution in [1.82, 2.24) is 0 Å². The molecular formula is C19H16N2. The molecular weight excluding hydrogens is 256 g/mol. The van der Waals surface area contributed by atoms with Crippen molar-refractivity contribution in [1.29, 1.82) is 0 Å². The summed E-state index contributed by atoms with van der Waals surface area (Å²) in [6.45, 7) is 2.01. The van der Waals surface area contributed by atoms with Crippen molar-refractivity contribution in [3.05, 3.63) is 71.8 Å². The van der Waals surface area contributed by atoms with E-state index in [0.717, 1.165) is 23.6 Å². The smallest absolute Gasteiger partial charge is 0.103 e. The van der Waals surface area contributed by atoms with Crippen LogP contribution >= 0.6 is 0 Å². The molecule has 3 aromatic rings. The van der Waals surface area contributed by atoms with Gasteiger partial charge in [0.1, 0.15) is 5.84 Å². The fourth-order valence-corrected chi connectivity index (χ4v) is 2.98. The summed E-state index contributed by atoms with van der Waals surface area (Å²) >= 11 is 0. The zero-order chi connectivity index (χ0) is 14.2. The highest BCUT2D eigenvalue weighted by Crippen LogP contribution is 2.39. The van der Waals surface area contributed by atoms with E-state index in [4.69, 9.17) is 4.99 Å². The van der Waals surface area contributed by atoms with Crippen molar-refractivity contribution in [3.8, 4) is 0 Å². The summed E-state index contributed by atoms with van der Waals surface area (Å²) in [6.07, 6.45) is 0.914. The van der Waals surface area contributed by atoms with Gasteiger partial charge < -0.3 is 5.32 Å². The van der Waals surface area contributed by atoms with Crippen LogP contribution < -0.4 is 5.32 Å². The predicted molar refractivity (Wildman–Crippen MR) is 89.6 cm³/mol. The number of anilines is 1. The second-order valence-electron chi connectivity index (χ2n) is 5.46. The minimum atomic E-state index is 0.914. The van der Waals surface area contributed by atoms with Crippen molar-refractivity contribution < 1.29 is 0 Å². The van der Waals surface area contributed by atoms with Gasteiger partial charge in [-0.1, -0.05) is 54.6 Å². The molecule has 21 heavy (non-hydrogen) atoms. The molecule has 0 spiro atoms. The molecule has 1 N–H and O–H groups in total. The van der Waals surface area contributed by atoms with Crippen LogP contribution in [0.25, 0.3) is 10.8 Å². The Kier molecular flexibility index (Phi) is 2.74. The van der Waals surface area contributed by atoms with Crippen molar-refractivity contribution >= 4 is 28.0 Å². The number of nitrogens with one attached hydrogen (secondary N) is 1. The molecule has 0 aromatic heterocycles. The first-order valence-corrected chi connectivity index (χ1v) is 7.22. The highest BCUT2D eigenvalue weighted by Gasteiger charge is 2.15. The Labute approximate surface area is 124 Å². The average molecular weight is 272 g/mol. The van der Waals surface area contributed by atoms with E-state index in [1.54, 1.807) is 0 Å². The molecule has 1 aliphatic heterocycles. The molecule has 102 valence electrons. The number of amidine groups is 1. The zero-order valence-electron chi connectivity index (χ0n) is 11.9. The number of nitrogens with zero attached hydrogens (tertiary/aromatic N) is 1. The quantitative estimate of drug-likeness (QED) is 0.704. The van der Waals surface area contributed by atoms with Gasteiger partial charge in [-0.05, 0) is 35.9 Å². The lowest BCUT2D eigenvalue weighted by molar-refractivity contribution is 1.19. The van der Waals surface area contributed by atoms with E-state index in [0.29, 0.717) is 0 Å². The second kappa shape index (κ2) is 4.74. The van der Waals surface area contributed by atoms with E-state index in [-0.39, 0.29) is 0 Å². The van der Waals surface area contributed by atoms with Crippen LogP contribution in [0.1, 0.15) is 18.1 Å². The summed E-state index contributed by atoms with van der Waals surface area (Å²) in [5.41, 5.74) is 4.87. The number of hydrogen-bond acceptors (Lipinski definition) is 2. The van der Waals surface area contributed by atoms with E-state index in [1.165, 1.54) is 21.9 Å². The summed E-state index contributed by atoms with van der Waals surface area (Å²) in [5.74, 6) is 0.954. The molecule has 0 aliphatic carbocycles. The van der Waals surface area contributed by atoms with Crippen LogP contribution in [0.15, 0.2) is 65.7 Å². The Balaban J connectivity index is 1.92. The maximum Gasteiger partial charge on any atom is 0.103 e. The minimum Gasteiger partial charge on any atom is -0.343 e. The lowest BCUT2D eigenvalue weighted by Crippen LogP contribution is -2.11. The minimum absolute atomic E-state index is 0.914. The van der Waals surface area contributed by atoms with Gasteiger partial charge in [0.05, 0.1) is 5.69 Å². The maximum atomic E-state index is 4.77. The van der Waals surface area contributed by atoms with Gasteiger partial charge in [-0.15, -0.1) is 0 Å². The largest absolute Gasteiger partial charge is 0.343 e. The van der Waals surface area contributed by atoms with E-state index in [2.05, 4.69) is 66.0 Å². The maximum absolute atomic E-state index is 4.77. The molecule has 3 aromatic carbocycles. The van der Waals surface area contributed by atoms with Crippen molar-refractivity contribution in [3.63, 3.8) is 0 Å². The third-order valence-corrected chi connectivity index (χ3v) is 3.93. The first kappa shape index (κ1) is 12.2. The van der Waals surface area contributed by atoms with Crippen LogP contribution in [-0.4, -0.2) is 5.84 Å². The normalized spacial score (nSPS) is 12.9. The SMILES string of the molecule is CC1=Nc2c(Cc3ccccc3)ccc3cccc(c23)N1. The number of hydrogen-bond donors (Lipinski definition) is 1. The van der Waals surface area contributed by atoms with E-state index >= 15 is 0 Å². The zero-order valence-corrected chi connectivity index (χ0v) is 11.9. The molecule has 0 saturated carbocycles. The third-order valence-electron chi connectivity index (χ3n) is 3.93. The van der Waals surface area contributed by atoms with Gasteiger partial charge in [-0.3, -0.25) is 0 Å². The Hall–Kier alpha value is -2.61. The lowest BCUT2D eigenvalue weighted by atomic mass is 9.97. The molecule has 0 bridgehead atoms. The molecule has 1 aliphatic rings. The van der Waals surface area contributed by atoms with Gasteiger partial charge in [0.25, 0.3) is 0 Å². The van der Waals surface area contributed by atoms with E-state index < -0.39 is 0 Å². The molecule has 2 heteroatoms. The molecule has 2 nitrogen and oxygen atoms in total. The average Bonchev–Trinajstić information content (AvgIpc) is 2.51. The topological polar surface area (TPSA) is 24.4 Å². The summed E-state index contributed by atoms with van der Waals surface area (Å²) in [6, 6.07) is 21.3. The fourth-order valence-electron chi connectivity index (χ4n) is 2.98. The van der Waals surface area contributed by atoms with Gasteiger partial charge in [0, 0.05) is 11.1 Å². The van der Waals surface area contributed by atoms with Crippen LogP contribution in [0.4, 0.5) is 11.4 Å². The molecule has 1 heterocycles. The first-order valence-electron chi connectivity index (χ1n) is 7.22. The molecule has 0 fully saturated rings. The number of aliphatic imine (C=N–C) groups is 1. The highest BCUT2D eigenvalue weighted by atomic mass is 15.0. The molecule has 0 atom stereocenters. The Bertz CT molecular complexity index is 848. The van der Waals surface area contributed by atoms with Crippen LogP contribution in [-0.2, 0) is 6.42 Å². The molecule has 0 saturated heterocycles. The van der Waals surface area contributed by atoms with Crippen LogP contribution in [0, 0.1) is 0 Å². The number of rotatable bonds is 2. The highest BCUT2D eigenvalue weighted by molar-refractivity contribution is 6.13. The van der Waals surface area contributed by atoms with Gasteiger partial charge in [-0.25, -0.2) is 4.99 Å². The fraction of sp³-hybridized carbons (Fsp3) is 0.105. The molecule has 4 rings (SSSR count). The molecule has 0 unspecified atom stereocenters. The van der Waals surface area contributed by atoms with Crippen LogP contribution in [0.2, 0.25) is 0 Å². The predicted octanol–water partition coefficient (Wildman–Crippen LogP) is 4.91. The molecule has 0 radical (unpaired) electrons. The second-order valence-corrected chi connectivity index (χ2v) is 5.46. The van der Waals surface area contributed by atoms with E-state index in [1.807, 2.05) is 6.92 Å². The standard InChI is InChI=1S/C19H16N2/c1-13-20-17-9-5-8-15-10-11-16(19(21-13)18(15)17)12-14-6-3-2-4-7-14/h2-11H,12H2,1H3,(H,20,21). The van der Waals surface area contributed by atoms with Gasteiger partial charge >= 0.3 is 0 Å². The Morgan fingerprint density at radius 3 is 2.62 bits per heavy atom. The first-order chi connectivity index (χ1) is 10.3. The summed E-state index contributed by atoms with van der Waals surface area (Å²) in [4.78, 5) is 4.77. The monoisotopic (exact) mass is 272 g/mol. The lowest BCUT2D eigenvalue weighted by Gasteiger charge is -2.19. The van der Waals surface area contributed by atoms with Crippen LogP contribution in [0.5, 0.6) is 0 Å². The Morgan fingerprint density at radius 2 is 1.76 bits per heavy atom. The summed E-state index contributed by atoms with van der Waals surface area (Å²) in [7, 11) is 0. The Morgan fingerprint density at radius 1 is 0.905 bits per heavy atom. The van der Waals surface area contributed by atoms with E-state index in [9.17, 15) is 0 Å². The van der Waals surface area contributed by atoms with Crippen molar-refractivity contribution in [2.24, 2.45) is 4.99 Å². The third kappa shape index (κ3) is 2.09. The summed E-state index contributed by atoms with van der Waals surface area (Å²) in [5, 5.41) is 5.84. The van der Waals surface area contributed by atoms with Crippen molar-refractivity contribution in [2.45, 2.75) is 13.3 Å². The van der Waals surface area contributed by atoms with Gasteiger partial charge in [0.15, 0.2) is 0 Å². The number of benzene rings is 3. The van der Waals surface area contributed by atoms with Crippen molar-refractivity contribution in [2.75, 3.05) is 5.32 Å². The molecule has 0 amide bonds. The van der Waals surface area contributed by atoms with Crippen LogP contribution in [0.3, 0.4) is 0 Å².